The maximum absolute atomic E-state index is 13.3. The average Bonchev–Trinajstić information content (AvgIpc) is 3.42. The summed E-state index contributed by atoms with van der Waals surface area (Å²) in [6.45, 7) is 0. The van der Waals surface area contributed by atoms with Gasteiger partial charge >= 0.3 is 5.97 Å². The number of aromatic amines is 1. The van der Waals surface area contributed by atoms with Crippen LogP contribution in [0.1, 0.15) is 36.9 Å². The van der Waals surface area contributed by atoms with E-state index in [1.807, 2.05) is 0 Å². The minimum atomic E-state index is -1.36. The van der Waals surface area contributed by atoms with E-state index in [1.54, 1.807) is 30.3 Å². The van der Waals surface area contributed by atoms with Crippen molar-refractivity contribution < 1.29 is 33.9 Å². The number of aromatic nitrogens is 2. The molecular formula is C25H34N8O7. The van der Waals surface area contributed by atoms with Crippen molar-refractivity contribution in [2.24, 2.45) is 17.2 Å². The predicted molar refractivity (Wildman–Crippen MR) is 141 cm³/mol. The van der Waals surface area contributed by atoms with Crippen LogP contribution in [0.15, 0.2) is 42.9 Å². The van der Waals surface area contributed by atoms with Crippen molar-refractivity contribution in [3.05, 3.63) is 54.1 Å². The number of benzene rings is 1. The number of nitrogens with two attached hydrogens (primary N) is 3. The van der Waals surface area contributed by atoms with Crippen LogP contribution in [0.25, 0.3) is 0 Å². The number of rotatable bonds is 17. The Morgan fingerprint density at radius 2 is 1.38 bits per heavy atom. The van der Waals surface area contributed by atoms with Gasteiger partial charge in [0.25, 0.3) is 0 Å². The van der Waals surface area contributed by atoms with E-state index in [0.717, 1.165) is 0 Å². The van der Waals surface area contributed by atoms with Crippen LogP contribution in [0.4, 0.5) is 0 Å². The number of carboxylic acids is 1. The molecule has 4 atom stereocenters. The van der Waals surface area contributed by atoms with Gasteiger partial charge in [-0.05, 0) is 18.4 Å². The molecule has 4 unspecified atom stereocenters. The molecule has 2 rings (SSSR count). The highest BCUT2D eigenvalue weighted by molar-refractivity contribution is 5.94. The number of hydrogen-bond donors (Lipinski definition) is 8. The largest absolute Gasteiger partial charge is 0.480 e. The zero-order valence-electron chi connectivity index (χ0n) is 21.7. The van der Waals surface area contributed by atoms with Gasteiger partial charge in [-0.3, -0.25) is 24.0 Å². The summed E-state index contributed by atoms with van der Waals surface area (Å²) >= 11 is 0. The Bertz CT molecular complexity index is 1170. The zero-order valence-corrected chi connectivity index (χ0v) is 21.7. The molecule has 0 aliphatic heterocycles. The number of primary amides is 2. The fourth-order valence-corrected chi connectivity index (χ4v) is 3.68. The molecule has 0 spiro atoms. The van der Waals surface area contributed by atoms with E-state index in [0.29, 0.717) is 11.3 Å². The first-order valence-electron chi connectivity index (χ1n) is 12.4. The van der Waals surface area contributed by atoms with Crippen molar-refractivity contribution in [1.29, 1.82) is 0 Å². The van der Waals surface area contributed by atoms with Crippen molar-refractivity contribution in [2.75, 3.05) is 0 Å². The lowest BCUT2D eigenvalue weighted by Crippen LogP contribution is -2.58. The van der Waals surface area contributed by atoms with Gasteiger partial charge in [-0.1, -0.05) is 30.3 Å². The normalized spacial score (nSPS) is 13.7. The third-order valence-electron chi connectivity index (χ3n) is 5.86. The zero-order chi connectivity index (χ0) is 29.7. The first-order valence-corrected chi connectivity index (χ1v) is 12.4. The fraction of sp³-hybridized carbons (Fsp3) is 0.400. The molecule has 0 aliphatic carbocycles. The number of aliphatic carboxylic acids is 1. The summed E-state index contributed by atoms with van der Waals surface area (Å²) in [5.41, 5.74) is 17.3. The molecule has 1 aromatic heterocycles. The molecule has 0 saturated carbocycles. The SMILES string of the molecule is NC(=O)CCC(N)C(=O)NC(Cc1cnc[nH]1)C(=O)NC(CCC(N)=O)C(=O)NC(Cc1ccccc1)C(=O)O. The molecule has 1 heterocycles. The number of carboxylic acid groups (broad SMARTS) is 1. The first kappa shape index (κ1) is 31.4. The van der Waals surface area contributed by atoms with E-state index in [2.05, 4.69) is 25.9 Å². The molecule has 0 fully saturated rings. The summed E-state index contributed by atoms with van der Waals surface area (Å²) in [5, 5.41) is 17.0. The van der Waals surface area contributed by atoms with Crippen LogP contribution in [0.2, 0.25) is 0 Å². The topological polar surface area (TPSA) is 265 Å². The van der Waals surface area contributed by atoms with E-state index in [1.165, 1.54) is 12.5 Å². The van der Waals surface area contributed by atoms with Crippen LogP contribution in [-0.2, 0) is 41.6 Å². The molecule has 0 radical (unpaired) electrons. The number of carbonyl (C=O) groups excluding carboxylic acids is 5. The summed E-state index contributed by atoms with van der Waals surface area (Å²) in [6.07, 6.45) is 1.98. The van der Waals surface area contributed by atoms with E-state index in [9.17, 15) is 33.9 Å². The molecule has 0 aliphatic rings. The number of amides is 5. The van der Waals surface area contributed by atoms with Crippen LogP contribution in [0.5, 0.6) is 0 Å². The Hall–Kier alpha value is -4.79. The van der Waals surface area contributed by atoms with Crippen LogP contribution in [0, 0.1) is 0 Å². The fourth-order valence-electron chi connectivity index (χ4n) is 3.68. The lowest BCUT2D eigenvalue weighted by Gasteiger charge is -2.25. The van der Waals surface area contributed by atoms with Crippen LogP contribution in [-0.4, -0.2) is 74.7 Å². The Morgan fingerprint density at radius 3 is 1.95 bits per heavy atom. The Balaban J connectivity index is 2.19. The van der Waals surface area contributed by atoms with Gasteiger partial charge in [0, 0.05) is 37.6 Å². The van der Waals surface area contributed by atoms with Gasteiger partial charge in [-0.15, -0.1) is 0 Å². The Morgan fingerprint density at radius 1 is 0.800 bits per heavy atom. The molecule has 1 aromatic carbocycles. The number of H-pyrrole nitrogens is 1. The van der Waals surface area contributed by atoms with Gasteiger partial charge < -0.3 is 43.2 Å². The average molecular weight is 559 g/mol. The maximum atomic E-state index is 13.3. The lowest BCUT2D eigenvalue weighted by atomic mass is 10.0. The summed E-state index contributed by atoms with van der Waals surface area (Å²) in [6, 6.07) is 3.52. The van der Waals surface area contributed by atoms with Crippen molar-refractivity contribution in [3.63, 3.8) is 0 Å². The van der Waals surface area contributed by atoms with E-state index >= 15 is 0 Å². The summed E-state index contributed by atoms with van der Waals surface area (Å²) in [4.78, 5) is 80.0. The third-order valence-corrected chi connectivity index (χ3v) is 5.86. The second-order valence-corrected chi connectivity index (χ2v) is 9.11. The van der Waals surface area contributed by atoms with Crippen LogP contribution in [0.3, 0.4) is 0 Å². The smallest absolute Gasteiger partial charge is 0.326 e. The maximum Gasteiger partial charge on any atom is 0.326 e. The molecule has 216 valence electrons. The van der Waals surface area contributed by atoms with E-state index < -0.39 is 59.7 Å². The van der Waals surface area contributed by atoms with E-state index in [-0.39, 0.29) is 38.5 Å². The minimum absolute atomic E-state index is 0.0277. The number of nitrogens with one attached hydrogen (secondary N) is 4. The Kier molecular flexibility index (Phi) is 12.2. The number of hydrogen-bond acceptors (Lipinski definition) is 8. The van der Waals surface area contributed by atoms with Crippen molar-refractivity contribution in [1.82, 2.24) is 25.9 Å². The van der Waals surface area contributed by atoms with Crippen LogP contribution >= 0.6 is 0 Å². The van der Waals surface area contributed by atoms with Crippen molar-refractivity contribution in [3.8, 4) is 0 Å². The molecule has 2 aromatic rings. The first-order chi connectivity index (χ1) is 19.0. The quantitative estimate of drug-likeness (QED) is 0.103. The van der Waals surface area contributed by atoms with Gasteiger partial charge in [-0.25, -0.2) is 9.78 Å². The predicted octanol–water partition coefficient (Wildman–Crippen LogP) is -2.41. The molecule has 40 heavy (non-hydrogen) atoms. The molecule has 0 saturated heterocycles. The van der Waals surface area contributed by atoms with Gasteiger partial charge in [0.15, 0.2) is 0 Å². The highest BCUT2D eigenvalue weighted by Crippen LogP contribution is 2.07. The van der Waals surface area contributed by atoms with Crippen LogP contribution < -0.4 is 33.2 Å². The number of nitrogens with zero attached hydrogens (tertiary/aromatic N) is 1. The minimum Gasteiger partial charge on any atom is -0.480 e. The second kappa shape index (κ2) is 15.6. The molecule has 11 N–H and O–H groups in total. The van der Waals surface area contributed by atoms with Crippen molar-refractivity contribution >= 4 is 35.5 Å². The van der Waals surface area contributed by atoms with Gasteiger partial charge in [0.05, 0.1) is 12.4 Å². The second-order valence-electron chi connectivity index (χ2n) is 9.11. The standard InChI is InChI=1S/C25H34N8O7/c26-16(6-8-20(27)34)22(36)32-18(11-15-12-29-13-30-15)24(38)31-17(7-9-21(28)35)23(37)33-19(25(39)40)10-14-4-2-1-3-5-14/h1-5,12-13,16-19H,6-11,26H2,(H2,27,34)(H2,28,35)(H,29,30)(H,31,38)(H,32,36)(H,33,37)(H,39,40). The molecule has 0 bridgehead atoms. The molecule has 5 amide bonds. The molecular weight excluding hydrogens is 524 g/mol. The van der Waals surface area contributed by atoms with Crippen molar-refractivity contribution in [2.45, 2.75) is 62.7 Å². The summed E-state index contributed by atoms with van der Waals surface area (Å²) < 4.78 is 0. The van der Waals surface area contributed by atoms with Gasteiger partial charge in [0.1, 0.15) is 18.1 Å². The monoisotopic (exact) mass is 558 g/mol. The highest BCUT2D eigenvalue weighted by Gasteiger charge is 2.31. The third kappa shape index (κ3) is 10.9. The molecule has 15 heteroatoms. The number of carbonyl (C=O) groups is 6. The lowest BCUT2D eigenvalue weighted by molar-refractivity contribution is -0.142. The number of imidazole rings is 1. The summed E-state index contributed by atoms with van der Waals surface area (Å²) in [5.74, 6) is -5.11. The van der Waals surface area contributed by atoms with Gasteiger partial charge in [-0.2, -0.15) is 0 Å². The van der Waals surface area contributed by atoms with Gasteiger partial charge in [0.2, 0.25) is 29.5 Å². The molecule has 15 nitrogen and oxygen atoms in total. The highest BCUT2D eigenvalue weighted by atomic mass is 16.4. The van der Waals surface area contributed by atoms with E-state index in [4.69, 9.17) is 17.2 Å². The Labute approximate surface area is 229 Å². The summed E-state index contributed by atoms with van der Waals surface area (Å²) in [7, 11) is 0.